The molecule has 0 aromatic heterocycles. The molecule has 0 aliphatic heterocycles. The van der Waals surface area contributed by atoms with Crippen molar-refractivity contribution in [3.63, 3.8) is 0 Å². The van der Waals surface area contributed by atoms with Gasteiger partial charge in [0.05, 0.1) is 0 Å². The molecule has 1 atom stereocenters. The fraction of sp³-hybridized carbons (Fsp3) is 0.167. The molecule has 0 radical (unpaired) electrons. The molecule has 0 heterocycles. The summed E-state index contributed by atoms with van der Waals surface area (Å²) in [4.78, 5) is 0. The van der Waals surface area contributed by atoms with Crippen molar-refractivity contribution in [1.82, 2.24) is 0 Å². The predicted octanol–water partition coefficient (Wildman–Crippen LogP) is 7.51. The van der Waals surface area contributed by atoms with Gasteiger partial charge in [-0.2, -0.15) is 0 Å². The molecule has 3 aromatic rings. The van der Waals surface area contributed by atoms with Crippen LogP contribution >= 0.6 is 0 Å². The molecule has 0 saturated heterocycles. The Morgan fingerprint density at radius 3 is 2.00 bits per heavy atom. The molecule has 0 fully saturated rings. The van der Waals surface area contributed by atoms with Crippen molar-refractivity contribution in [2.45, 2.75) is 30.4 Å². The van der Waals surface area contributed by atoms with Crippen LogP contribution < -0.4 is 0 Å². The normalized spacial score (nSPS) is 16.5. The van der Waals surface area contributed by atoms with Gasteiger partial charge in [-0.3, -0.25) is 0 Å². The van der Waals surface area contributed by atoms with Gasteiger partial charge >= 0.3 is 109 Å². The minimum absolute atomic E-state index is 0.697. The molecule has 0 spiro atoms. The summed E-state index contributed by atoms with van der Waals surface area (Å²) in [5.74, 6) is 0. The van der Waals surface area contributed by atoms with Crippen LogP contribution in [0, 0.1) is 0 Å². The number of hydrogen-bond donors (Lipinski definition) is 0. The van der Waals surface area contributed by atoms with Crippen LogP contribution in [0.1, 0.15) is 39.8 Å². The van der Waals surface area contributed by atoms with Crippen LogP contribution in [0.25, 0.3) is 6.08 Å². The zero-order chi connectivity index (χ0) is 21.3. The van der Waals surface area contributed by atoms with Crippen LogP contribution in [0.2, 0.25) is 0 Å². The van der Waals surface area contributed by atoms with E-state index in [0.29, 0.717) is 4.22 Å². The first kappa shape index (κ1) is 21.7. The molecule has 3 aromatic carbocycles. The topological polar surface area (TPSA) is 0 Å². The number of rotatable bonds is 5. The first-order valence-corrected chi connectivity index (χ1v) is 13.8. The van der Waals surface area contributed by atoms with Gasteiger partial charge in [0.2, 0.25) is 0 Å². The Bertz CT molecular complexity index is 1060. The van der Waals surface area contributed by atoms with Crippen molar-refractivity contribution in [1.29, 1.82) is 0 Å². The van der Waals surface area contributed by atoms with Gasteiger partial charge in [-0.15, -0.1) is 0 Å². The molecule has 0 nitrogen and oxygen atoms in total. The number of hydrogen-bond acceptors (Lipinski definition) is 0. The van der Waals surface area contributed by atoms with Gasteiger partial charge < -0.3 is 0 Å². The summed E-state index contributed by atoms with van der Waals surface area (Å²) in [6.07, 6.45) is 15.0. The van der Waals surface area contributed by atoms with Gasteiger partial charge in [-0.25, -0.2) is 0 Å². The summed E-state index contributed by atoms with van der Waals surface area (Å²) in [5, 5.41) is 0. The van der Waals surface area contributed by atoms with Crippen LogP contribution in [-0.2, 0) is 30.2 Å². The Kier molecular flexibility index (Phi) is 7.83. The Morgan fingerprint density at radius 2 is 1.42 bits per heavy atom. The summed E-state index contributed by atoms with van der Waals surface area (Å²) >= 11 is -1.27. The van der Waals surface area contributed by atoms with Crippen LogP contribution in [0.4, 0.5) is 0 Å². The van der Waals surface area contributed by atoms with E-state index in [4.69, 9.17) is 0 Å². The van der Waals surface area contributed by atoms with E-state index < -0.39 is 17.4 Å². The molecule has 1 heteroatoms. The van der Waals surface area contributed by atoms with E-state index >= 15 is 0 Å². The monoisotopic (exact) mass is 438 g/mol. The van der Waals surface area contributed by atoms with Gasteiger partial charge in [0, 0.05) is 0 Å². The maximum absolute atomic E-state index is 2.51. The van der Waals surface area contributed by atoms with Crippen molar-refractivity contribution < 1.29 is 17.4 Å². The molecule has 154 valence electrons. The summed E-state index contributed by atoms with van der Waals surface area (Å²) in [6.45, 7) is 2.25. The molecule has 1 unspecified atom stereocenters. The second kappa shape index (κ2) is 11.2. The van der Waals surface area contributed by atoms with E-state index in [-0.39, 0.29) is 0 Å². The summed E-state index contributed by atoms with van der Waals surface area (Å²) in [7, 11) is 0. The number of aryl methyl sites for hydroxylation is 2. The molecule has 31 heavy (non-hydrogen) atoms. The fourth-order valence-electron chi connectivity index (χ4n) is 4.32. The molecule has 0 N–H and O–H groups in total. The van der Waals surface area contributed by atoms with Crippen LogP contribution in [-0.4, -0.2) is 4.31 Å². The minimum atomic E-state index is -1.27. The van der Waals surface area contributed by atoms with Crippen molar-refractivity contribution in [3.05, 3.63) is 135 Å². The van der Waals surface area contributed by atoms with Crippen molar-refractivity contribution >= 4 is 10.4 Å². The van der Waals surface area contributed by atoms with Gasteiger partial charge in [0.15, 0.2) is 0 Å². The molecular formula is C30H30Ti. The molecular weight excluding hydrogens is 408 g/mol. The Hall–Kier alpha value is -2.54. The molecule has 0 bridgehead atoms. The second-order valence-electron chi connectivity index (χ2n) is 8.01. The fourth-order valence-corrected chi connectivity index (χ4v) is 8.50. The van der Waals surface area contributed by atoms with Gasteiger partial charge in [0.25, 0.3) is 0 Å². The van der Waals surface area contributed by atoms with E-state index in [9.17, 15) is 0 Å². The smallest absolute Gasteiger partial charge is 0.0238 e. The number of allylic oxidation sites excluding steroid dienone is 5. The van der Waals surface area contributed by atoms with E-state index in [1.54, 1.807) is 9.44 Å². The quantitative estimate of drug-likeness (QED) is 0.362. The van der Waals surface area contributed by atoms with Crippen molar-refractivity contribution in [2.24, 2.45) is 0 Å². The maximum atomic E-state index is 2.51. The first-order chi connectivity index (χ1) is 15.3. The van der Waals surface area contributed by atoms with Crippen LogP contribution in [0.15, 0.2) is 113 Å². The third-order valence-corrected chi connectivity index (χ3v) is 10.5. The van der Waals surface area contributed by atoms with E-state index in [2.05, 4.69) is 127 Å². The standard InChI is InChI=1S/C14H14.C9H7.C5H5.C2H4.Ti/c1-3-7-13(8-4-1)11-12-14-9-5-2-6-10-14;1-2-5-9-7-3-6-8(9)4-1;1-2-4-5-3-1;1-2;/h1-10H,11-12H2;1-7H;1-3H,4H2;1H,2H3;. The molecule has 2 aliphatic carbocycles. The molecule has 2 aliphatic rings. The SMILES string of the molecule is C/[CH]=[Ti](\[C]1=CC=CC1)[CH]1C=Cc2ccccc21.c1ccc(CCc2ccccc2)cc1. The number of fused-ring (bicyclic) bond motifs is 1. The van der Waals surface area contributed by atoms with Gasteiger partial charge in [-0.1, -0.05) is 60.7 Å². The van der Waals surface area contributed by atoms with Gasteiger partial charge in [-0.05, 0) is 24.0 Å². The predicted molar refractivity (Wildman–Crippen MR) is 132 cm³/mol. The maximum Gasteiger partial charge on any atom is -0.0238 e. The zero-order valence-corrected chi connectivity index (χ0v) is 19.8. The average Bonchev–Trinajstić information content (AvgIpc) is 3.51. The van der Waals surface area contributed by atoms with E-state index in [0.717, 1.165) is 12.8 Å². The zero-order valence-electron chi connectivity index (χ0n) is 18.2. The van der Waals surface area contributed by atoms with Crippen LogP contribution in [0.5, 0.6) is 0 Å². The number of benzene rings is 3. The third kappa shape index (κ3) is 5.79. The Labute approximate surface area is 193 Å². The Morgan fingerprint density at radius 1 is 0.806 bits per heavy atom. The van der Waals surface area contributed by atoms with Crippen molar-refractivity contribution in [2.75, 3.05) is 0 Å². The minimum Gasteiger partial charge on any atom is -0.0622 e. The van der Waals surface area contributed by atoms with Crippen molar-refractivity contribution in [3.8, 4) is 0 Å². The first-order valence-electron chi connectivity index (χ1n) is 11.2. The summed E-state index contributed by atoms with van der Waals surface area (Å²) in [5.41, 5.74) is 5.80. The van der Waals surface area contributed by atoms with Crippen LogP contribution in [0.3, 0.4) is 0 Å². The molecule has 0 saturated carbocycles. The van der Waals surface area contributed by atoms with Gasteiger partial charge in [0.1, 0.15) is 0 Å². The average molecular weight is 438 g/mol. The van der Waals surface area contributed by atoms with E-state index in [1.807, 2.05) is 0 Å². The summed E-state index contributed by atoms with van der Waals surface area (Å²) in [6, 6.07) is 30.1. The molecule has 0 amide bonds. The largest absolute Gasteiger partial charge is 0.0622 e. The molecule has 5 rings (SSSR count). The third-order valence-electron chi connectivity index (χ3n) is 5.98. The second-order valence-corrected chi connectivity index (χ2v) is 12.3. The Balaban J connectivity index is 0.000000152. The summed E-state index contributed by atoms with van der Waals surface area (Å²) < 4.78 is 4.91. The van der Waals surface area contributed by atoms with E-state index in [1.165, 1.54) is 23.1 Å².